The number of carbonyl (C=O) groups excluding carboxylic acids is 3. The summed E-state index contributed by atoms with van der Waals surface area (Å²) in [6.45, 7) is 5.22. The van der Waals surface area contributed by atoms with Crippen LogP contribution in [-0.2, 0) is 16.0 Å². The van der Waals surface area contributed by atoms with Crippen molar-refractivity contribution in [3.63, 3.8) is 0 Å². The Bertz CT molecular complexity index is 1100. The second kappa shape index (κ2) is 12.4. The zero-order chi connectivity index (χ0) is 26.2. The van der Waals surface area contributed by atoms with Crippen molar-refractivity contribution in [2.24, 2.45) is 0 Å². The van der Waals surface area contributed by atoms with Crippen molar-refractivity contribution in [2.45, 2.75) is 12.8 Å². The zero-order valence-corrected chi connectivity index (χ0v) is 21.5. The van der Waals surface area contributed by atoms with E-state index in [0.29, 0.717) is 50.5 Å². The van der Waals surface area contributed by atoms with E-state index in [0.717, 1.165) is 36.5 Å². The van der Waals surface area contributed by atoms with Crippen molar-refractivity contribution >= 4 is 29.3 Å². The molecular formula is C27H35N5O5. The van der Waals surface area contributed by atoms with Gasteiger partial charge in [0.15, 0.2) is 0 Å². The third kappa shape index (κ3) is 6.71. The van der Waals surface area contributed by atoms with Crippen LogP contribution in [-0.4, -0.2) is 94.3 Å². The Labute approximate surface area is 217 Å². The van der Waals surface area contributed by atoms with Crippen LogP contribution in [0.5, 0.6) is 5.75 Å². The number of hydrogen-bond donors (Lipinski definition) is 2. The number of nitrogens with one attached hydrogen (secondary N) is 2. The molecule has 0 saturated carbocycles. The number of amides is 3. The molecule has 0 spiro atoms. The summed E-state index contributed by atoms with van der Waals surface area (Å²) in [5.74, 6) is 0.503. The SMILES string of the molecule is COC(=O)N1CCCN(c2ccc(C(=O)N3CCNCC3)cc2NC(=O)Cc2ccc(OC)cc2)CC1. The number of hydrogen-bond acceptors (Lipinski definition) is 7. The molecule has 4 rings (SSSR count). The van der Waals surface area contributed by atoms with E-state index in [4.69, 9.17) is 9.47 Å². The van der Waals surface area contributed by atoms with Crippen LogP contribution in [0.2, 0.25) is 0 Å². The van der Waals surface area contributed by atoms with Gasteiger partial charge in [0.05, 0.1) is 32.0 Å². The van der Waals surface area contributed by atoms with Gasteiger partial charge in [-0.1, -0.05) is 12.1 Å². The van der Waals surface area contributed by atoms with Gasteiger partial charge >= 0.3 is 6.09 Å². The van der Waals surface area contributed by atoms with Crippen molar-refractivity contribution in [2.75, 3.05) is 76.8 Å². The second-order valence-corrected chi connectivity index (χ2v) is 9.14. The Balaban J connectivity index is 1.56. The van der Waals surface area contributed by atoms with Crippen molar-refractivity contribution in [3.05, 3.63) is 53.6 Å². The lowest BCUT2D eigenvalue weighted by atomic mass is 10.1. The Kier molecular flexibility index (Phi) is 8.84. The van der Waals surface area contributed by atoms with Gasteiger partial charge < -0.3 is 34.8 Å². The first kappa shape index (κ1) is 26.3. The van der Waals surface area contributed by atoms with E-state index in [9.17, 15) is 14.4 Å². The van der Waals surface area contributed by atoms with Crippen LogP contribution in [0.4, 0.5) is 16.2 Å². The highest BCUT2D eigenvalue weighted by Crippen LogP contribution is 2.29. The molecule has 198 valence electrons. The molecule has 10 heteroatoms. The summed E-state index contributed by atoms with van der Waals surface area (Å²) < 4.78 is 10.1. The van der Waals surface area contributed by atoms with E-state index in [-0.39, 0.29) is 24.3 Å². The largest absolute Gasteiger partial charge is 0.497 e. The van der Waals surface area contributed by atoms with Gasteiger partial charge in [-0.05, 0) is 42.3 Å². The van der Waals surface area contributed by atoms with E-state index in [1.54, 1.807) is 18.1 Å². The topological polar surface area (TPSA) is 103 Å². The standard InChI is InChI=1S/C27H35N5O5/c1-36-22-7-4-20(5-8-22)18-25(33)29-23-19-21(26(34)31-14-10-28-11-15-31)6-9-24(23)30-12-3-13-32(17-16-30)27(35)37-2/h4-9,19,28H,3,10-18H2,1-2H3,(H,29,33). The number of benzene rings is 2. The van der Waals surface area contributed by atoms with E-state index in [2.05, 4.69) is 15.5 Å². The predicted octanol–water partition coefficient (Wildman–Crippen LogP) is 2.20. The summed E-state index contributed by atoms with van der Waals surface area (Å²) in [6, 6.07) is 12.9. The molecule has 10 nitrogen and oxygen atoms in total. The monoisotopic (exact) mass is 509 g/mol. The first-order valence-electron chi connectivity index (χ1n) is 12.6. The summed E-state index contributed by atoms with van der Waals surface area (Å²) in [5, 5.41) is 6.31. The molecule has 0 radical (unpaired) electrons. The smallest absolute Gasteiger partial charge is 0.409 e. The Morgan fingerprint density at radius 3 is 2.35 bits per heavy atom. The minimum atomic E-state index is -0.341. The Morgan fingerprint density at radius 1 is 0.892 bits per heavy atom. The summed E-state index contributed by atoms with van der Waals surface area (Å²) in [4.78, 5) is 43.9. The molecule has 0 aliphatic carbocycles. The number of ether oxygens (including phenoxy) is 2. The van der Waals surface area contributed by atoms with Gasteiger partial charge in [0.2, 0.25) is 5.91 Å². The number of methoxy groups -OCH3 is 2. The summed E-state index contributed by atoms with van der Waals surface area (Å²) in [6.07, 6.45) is 0.609. The van der Waals surface area contributed by atoms with Crippen LogP contribution in [0, 0.1) is 0 Å². The van der Waals surface area contributed by atoms with Gasteiger partial charge in [0.1, 0.15) is 5.75 Å². The Hall–Kier alpha value is -3.79. The lowest BCUT2D eigenvalue weighted by Crippen LogP contribution is -2.46. The normalized spacial score (nSPS) is 16.1. The number of rotatable bonds is 6. The molecule has 0 bridgehead atoms. The molecule has 2 saturated heterocycles. The third-order valence-corrected chi connectivity index (χ3v) is 6.71. The van der Waals surface area contributed by atoms with Crippen LogP contribution in [0.1, 0.15) is 22.3 Å². The lowest BCUT2D eigenvalue weighted by Gasteiger charge is -2.29. The summed E-state index contributed by atoms with van der Waals surface area (Å²) in [5.41, 5.74) is 2.81. The summed E-state index contributed by atoms with van der Waals surface area (Å²) >= 11 is 0. The van der Waals surface area contributed by atoms with Gasteiger partial charge in [-0.2, -0.15) is 0 Å². The molecule has 2 aliphatic heterocycles. The fraction of sp³-hybridized carbons (Fsp3) is 0.444. The van der Waals surface area contributed by atoms with Crippen LogP contribution in [0.3, 0.4) is 0 Å². The Morgan fingerprint density at radius 2 is 1.65 bits per heavy atom. The van der Waals surface area contributed by atoms with Crippen LogP contribution in [0.15, 0.2) is 42.5 Å². The van der Waals surface area contributed by atoms with E-state index in [1.165, 1.54) is 7.11 Å². The van der Waals surface area contributed by atoms with Crippen molar-refractivity contribution in [1.29, 1.82) is 0 Å². The van der Waals surface area contributed by atoms with E-state index in [1.807, 2.05) is 41.3 Å². The third-order valence-electron chi connectivity index (χ3n) is 6.71. The number of anilines is 2. The molecular weight excluding hydrogens is 474 g/mol. The molecule has 0 unspecified atom stereocenters. The highest BCUT2D eigenvalue weighted by molar-refractivity contribution is 6.00. The molecule has 2 heterocycles. The zero-order valence-electron chi connectivity index (χ0n) is 21.5. The van der Waals surface area contributed by atoms with Crippen LogP contribution < -0.4 is 20.3 Å². The first-order valence-corrected chi connectivity index (χ1v) is 12.6. The molecule has 2 N–H and O–H groups in total. The molecule has 3 amide bonds. The van der Waals surface area contributed by atoms with Crippen LogP contribution in [0.25, 0.3) is 0 Å². The lowest BCUT2D eigenvalue weighted by molar-refractivity contribution is -0.115. The first-order chi connectivity index (χ1) is 18.0. The van der Waals surface area contributed by atoms with Crippen molar-refractivity contribution < 1.29 is 23.9 Å². The van der Waals surface area contributed by atoms with E-state index >= 15 is 0 Å². The van der Waals surface area contributed by atoms with Crippen molar-refractivity contribution in [3.8, 4) is 5.75 Å². The minimum absolute atomic E-state index is 0.0496. The molecule has 2 fully saturated rings. The fourth-order valence-corrected chi connectivity index (χ4v) is 4.69. The quantitative estimate of drug-likeness (QED) is 0.615. The number of nitrogens with zero attached hydrogens (tertiary/aromatic N) is 3. The summed E-state index contributed by atoms with van der Waals surface area (Å²) in [7, 11) is 2.99. The van der Waals surface area contributed by atoms with Crippen molar-refractivity contribution in [1.82, 2.24) is 15.1 Å². The van der Waals surface area contributed by atoms with E-state index < -0.39 is 0 Å². The molecule has 2 aromatic rings. The second-order valence-electron chi connectivity index (χ2n) is 9.14. The van der Waals surface area contributed by atoms with Gasteiger partial charge in [-0.3, -0.25) is 9.59 Å². The average Bonchev–Trinajstić information content (AvgIpc) is 3.19. The van der Waals surface area contributed by atoms with Crippen LogP contribution >= 0.6 is 0 Å². The highest BCUT2D eigenvalue weighted by Gasteiger charge is 2.24. The van der Waals surface area contributed by atoms with Gasteiger partial charge in [0, 0.05) is 57.9 Å². The molecule has 0 atom stereocenters. The van der Waals surface area contributed by atoms with Gasteiger partial charge in [0.25, 0.3) is 5.91 Å². The maximum absolute atomic E-state index is 13.2. The minimum Gasteiger partial charge on any atom is -0.497 e. The maximum Gasteiger partial charge on any atom is 0.409 e. The fourth-order valence-electron chi connectivity index (χ4n) is 4.69. The predicted molar refractivity (Wildman–Crippen MR) is 141 cm³/mol. The van der Waals surface area contributed by atoms with Gasteiger partial charge in [-0.15, -0.1) is 0 Å². The molecule has 37 heavy (non-hydrogen) atoms. The number of carbonyl (C=O) groups is 3. The highest BCUT2D eigenvalue weighted by atomic mass is 16.5. The molecule has 2 aromatic carbocycles. The molecule has 2 aliphatic rings. The number of piperazine rings is 1. The average molecular weight is 510 g/mol. The van der Waals surface area contributed by atoms with Gasteiger partial charge in [-0.25, -0.2) is 4.79 Å². The molecule has 0 aromatic heterocycles. The maximum atomic E-state index is 13.2.